The Hall–Kier alpha value is -1.26. The van der Waals surface area contributed by atoms with Crippen molar-refractivity contribution in [1.29, 1.82) is 0 Å². The van der Waals surface area contributed by atoms with Crippen LogP contribution in [0.25, 0.3) is 0 Å². The van der Waals surface area contributed by atoms with Crippen molar-refractivity contribution in [2.24, 2.45) is 11.8 Å². The van der Waals surface area contributed by atoms with Crippen LogP contribution < -0.4 is 5.32 Å². The number of carbonyl (C=O) groups is 2. The van der Waals surface area contributed by atoms with Gasteiger partial charge in [0.25, 0.3) is 0 Å². The SMILES string of the molecule is CCC(C)C(NC(=O)N1CCC2CCCCC21)C(=O)O. The zero-order valence-electron chi connectivity index (χ0n) is 12.5. The minimum absolute atomic E-state index is 0.0544. The van der Waals surface area contributed by atoms with Crippen molar-refractivity contribution in [3.8, 4) is 0 Å². The van der Waals surface area contributed by atoms with E-state index in [0.29, 0.717) is 12.0 Å². The highest BCUT2D eigenvalue weighted by Gasteiger charge is 2.39. The fraction of sp³-hybridized carbons (Fsp3) is 0.867. The first-order chi connectivity index (χ1) is 9.54. The second kappa shape index (κ2) is 6.46. The summed E-state index contributed by atoms with van der Waals surface area (Å²) in [5, 5.41) is 12.0. The Morgan fingerprint density at radius 1 is 1.30 bits per heavy atom. The normalized spacial score (nSPS) is 28.6. The van der Waals surface area contributed by atoms with E-state index in [1.807, 2.05) is 18.7 Å². The summed E-state index contributed by atoms with van der Waals surface area (Å²) in [5.41, 5.74) is 0. The Bertz CT molecular complexity index is 372. The van der Waals surface area contributed by atoms with E-state index in [1.165, 1.54) is 19.3 Å². The molecule has 0 aromatic heterocycles. The zero-order chi connectivity index (χ0) is 14.7. The van der Waals surface area contributed by atoms with E-state index in [4.69, 9.17) is 0 Å². The number of rotatable bonds is 4. The van der Waals surface area contributed by atoms with Crippen molar-refractivity contribution < 1.29 is 14.7 Å². The molecule has 4 atom stereocenters. The molecule has 0 bridgehead atoms. The standard InChI is InChI=1S/C15H26N2O3/c1-3-10(2)13(14(18)19)16-15(20)17-9-8-11-6-4-5-7-12(11)17/h10-13H,3-9H2,1-2H3,(H,16,20)(H,18,19). The van der Waals surface area contributed by atoms with Crippen LogP contribution in [-0.2, 0) is 4.79 Å². The summed E-state index contributed by atoms with van der Waals surface area (Å²) in [6.07, 6.45) is 6.53. The Balaban J connectivity index is 1.98. The van der Waals surface area contributed by atoms with Crippen LogP contribution in [-0.4, -0.2) is 40.6 Å². The van der Waals surface area contributed by atoms with Crippen LogP contribution in [0.15, 0.2) is 0 Å². The van der Waals surface area contributed by atoms with Gasteiger partial charge < -0.3 is 15.3 Å². The Kier molecular flexibility index (Phi) is 4.89. The van der Waals surface area contributed by atoms with Gasteiger partial charge in [-0.25, -0.2) is 9.59 Å². The molecule has 1 saturated heterocycles. The number of likely N-dealkylation sites (tertiary alicyclic amines) is 1. The topological polar surface area (TPSA) is 69.6 Å². The van der Waals surface area contributed by atoms with Crippen LogP contribution in [0.5, 0.6) is 0 Å². The summed E-state index contributed by atoms with van der Waals surface area (Å²) >= 11 is 0. The van der Waals surface area contributed by atoms with Gasteiger partial charge >= 0.3 is 12.0 Å². The summed E-state index contributed by atoms with van der Waals surface area (Å²) in [6, 6.07) is -0.641. The molecule has 5 heteroatoms. The predicted octanol–water partition coefficient (Wildman–Crippen LogP) is 2.46. The molecule has 0 aromatic rings. The number of nitrogens with one attached hydrogen (secondary N) is 1. The molecule has 2 fully saturated rings. The number of hydrogen-bond acceptors (Lipinski definition) is 2. The average molecular weight is 282 g/mol. The molecule has 4 unspecified atom stereocenters. The third-order valence-electron chi connectivity index (χ3n) is 5.03. The van der Waals surface area contributed by atoms with Gasteiger partial charge in [-0.2, -0.15) is 0 Å². The number of carboxylic acid groups (broad SMARTS) is 1. The van der Waals surface area contributed by atoms with Gasteiger partial charge in [0.1, 0.15) is 6.04 Å². The molecule has 2 aliphatic rings. The van der Waals surface area contributed by atoms with Crippen LogP contribution in [0.3, 0.4) is 0 Å². The Morgan fingerprint density at radius 2 is 2.00 bits per heavy atom. The second-order valence-electron chi connectivity index (χ2n) is 6.24. The van der Waals surface area contributed by atoms with Gasteiger partial charge in [-0.1, -0.05) is 33.1 Å². The molecule has 1 heterocycles. The lowest BCUT2D eigenvalue weighted by Gasteiger charge is -2.33. The first-order valence-corrected chi connectivity index (χ1v) is 7.84. The molecule has 1 aliphatic heterocycles. The summed E-state index contributed by atoms with van der Waals surface area (Å²) in [7, 11) is 0. The van der Waals surface area contributed by atoms with E-state index >= 15 is 0 Å². The number of hydrogen-bond donors (Lipinski definition) is 2. The summed E-state index contributed by atoms with van der Waals surface area (Å²) < 4.78 is 0. The molecule has 1 aliphatic carbocycles. The van der Waals surface area contributed by atoms with Crippen molar-refractivity contribution in [2.45, 2.75) is 64.5 Å². The molecule has 1 saturated carbocycles. The largest absolute Gasteiger partial charge is 0.480 e. The molecular weight excluding hydrogens is 256 g/mol. The van der Waals surface area contributed by atoms with Crippen molar-refractivity contribution in [3.05, 3.63) is 0 Å². The van der Waals surface area contributed by atoms with Crippen molar-refractivity contribution in [3.63, 3.8) is 0 Å². The van der Waals surface area contributed by atoms with Gasteiger partial charge in [0, 0.05) is 12.6 Å². The van der Waals surface area contributed by atoms with E-state index in [2.05, 4.69) is 5.32 Å². The lowest BCUT2D eigenvalue weighted by molar-refractivity contribution is -0.140. The zero-order valence-corrected chi connectivity index (χ0v) is 12.5. The molecule has 0 aromatic carbocycles. The fourth-order valence-corrected chi connectivity index (χ4v) is 3.56. The van der Waals surface area contributed by atoms with E-state index < -0.39 is 12.0 Å². The van der Waals surface area contributed by atoms with Gasteiger partial charge in [-0.05, 0) is 31.1 Å². The Labute approximate surface area is 120 Å². The highest BCUT2D eigenvalue weighted by molar-refractivity contribution is 5.83. The second-order valence-corrected chi connectivity index (χ2v) is 6.24. The lowest BCUT2D eigenvalue weighted by atomic mass is 9.85. The monoisotopic (exact) mass is 282 g/mol. The summed E-state index contributed by atoms with van der Waals surface area (Å²) in [6.45, 7) is 4.58. The Morgan fingerprint density at radius 3 is 2.65 bits per heavy atom. The number of amides is 2. The third kappa shape index (κ3) is 3.07. The molecule has 2 rings (SSSR count). The maximum Gasteiger partial charge on any atom is 0.326 e. The molecular formula is C15H26N2O3. The maximum atomic E-state index is 12.4. The van der Waals surface area contributed by atoms with Crippen molar-refractivity contribution in [1.82, 2.24) is 10.2 Å². The van der Waals surface area contributed by atoms with Gasteiger partial charge in [0.05, 0.1) is 0 Å². The highest BCUT2D eigenvalue weighted by Crippen LogP contribution is 2.36. The van der Waals surface area contributed by atoms with E-state index in [1.54, 1.807) is 0 Å². The van der Waals surface area contributed by atoms with Gasteiger partial charge in [-0.15, -0.1) is 0 Å². The number of aliphatic carboxylic acids is 1. The molecule has 2 amide bonds. The molecule has 0 radical (unpaired) electrons. The smallest absolute Gasteiger partial charge is 0.326 e. The van der Waals surface area contributed by atoms with Crippen LogP contribution in [0.1, 0.15) is 52.4 Å². The van der Waals surface area contributed by atoms with E-state index in [0.717, 1.165) is 25.8 Å². The van der Waals surface area contributed by atoms with E-state index in [-0.39, 0.29) is 11.9 Å². The van der Waals surface area contributed by atoms with Gasteiger partial charge in [0.2, 0.25) is 0 Å². The van der Waals surface area contributed by atoms with Crippen LogP contribution in [0, 0.1) is 11.8 Å². The fourth-order valence-electron chi connectivity index (χ4n) is 3.56. The maximum absolute atomic E-state index is 12.4. The number of carboxylic acids is 1. The number of nitrogens with zero attached hydrogens (tertiary/aromatic N) is 1. The van der Waals surface area contributed by atoms with E-state index in [9.17, 15) is 14.7 Å². The number of urea groups is 1. The molecule has 5 nitrogen and oxygen atoms in total. The third-order valence-corrected chi connectivity index (χ3v) is 5.03. The summed E-state index contributed by atoms with van der Waals surface area (Å²) in [5.74, 6) is -0.366. The minimum atomic E-state index is -0.938. The number of carbonyl (C=O) groups excluding carboxylic acids is 1. The molecule has 2 N–H and O–H groups in total. The lowest BCUT2D eigenvalue weighted by Crippen LogP contribution is -2.52. The quantitative estimate of drug-likeness (QED) is 0.832. The minimum Gasteiger partial charge on any atom is -0.480 e. The number of fused-ring (bicyclic) bond motifs is 1. The van der Waals surface area contributed by atoms with Crippen LogP contribution in [0.2, 0.25) is 0 Å². The molecule has 0 spiro atoms. The van der Waals surface area contributed by atoms with Gasteiger partial charge in [0.15, 0.2) is 0 Å². The van der Waals surface area contributed by atoms with Crippen molar-refractivity contribution in [2.75, 3.05) is 6.54 Å². The first-order valence-electron chi connectivity index (χ1n) is 7.84. The van der Waals surface area contributed by atoms with Crippen LogP contribution in [0.4, 0.5) is 4.79 Å². The van der Waals surface area contributed by atoms with Crippen LogP contribution >= 0.6 is 0 Å². The highest BCUT2D eigenvalue weighted by atomic mass is 16.4. The summed E-state index contributed by atoms with van der Waals surface area (Å²) in [4.78, 5) is 25.6. The molecule has 20 heavy (non-hydrogen) atoms. The predicted molar refractivity (Wildman–Crippen MR) is 76.5 cm³/mol. The van der Waals surface area contributed by atoms with Crippen molar-refractivity contribution >= 4 is 12.0 Å². The first kappa shape index (κ1) is 15.1. The van der Waals surface area contributed by atoms with Gasteiger partial charge in [-0.3, -0.25) is 0 Å². The average Bonchev–Trinajstić information content (AvgIpc) is 2.87. The molecule has 114 valence electrons.